The van der Waals surface area contributed by atoms with E-state index in [-0.39, 0.29) is 23.5 Å². The standard InChI is InChI=1S/C7H7O2.C5H5.Fe/c8-7(9)5-6-3-1-2-4-6;1-2-4-5-3-1;/h1-4H,5H2,(H,8,9);1-5H;/q;;+2. The minimum atomic E-state index is -0.777. The molecule has 2 aliphatic rings. The molecule has 1 N–H and O–H groups in total. The van der Waals surface area contributed by atoms with E-state index in [1.165, 1.54) is 0 Å². The Balaban J connectivity index is 0.000000280. The second kappa shape index (κ2) is 9.23. The monoisotopic (exact) mass is 244 g/mol. The summed E-state index contributed by atoms with van der Waals surface area (Å²) in [4.78, 5) is 10.1. The van der Waals surface area contributed by atoms with Gasteiger partial charge in [0.05, 0.1) is 6.42 Å². The third-order valence-corrected chi connectivity index (χ3v) is 1.64. The van der Waals surface area contributed by atoms with E-state index in [0.717, 1.165) is 5.92 Å². The molecule has 3 heteroatoms. The van der Waals surface area contributed by atoms with E-state index in [1.807, 2.05) is 44.9 Å². The van der Waals surface area contributed by atoms with Crippen LogP contribution in [0.2, 0.25) is 0 Å². The summed E-state index contributed by atoms with van der Waals surface area (Å²) in [6.07, 6.45) is 17.4. The molecule has 0 unspecified atom stereocenters. The van der Waals surface area contributed by atoms with Gasteiger partial charge in [-0.2, -0.15) is 0 Å². The summed E-state index contributed by atoms with van der Waals surface area (Å²) in [6.45, 7) is 0. The number of carboxylic acids is 1. The van der Waals surface area contributed by atoms with Gasteiger partial charge in [0.2, 0.25) is 0 Å². The Morgan fingerprint density at radius 3 is 1.67 bits per heavy atom. The Hall–Kier alpha value is -0.0105. The molecule has 0 atom stereocenters. The van der Waals surface area contributed by atoms with Gasteiger partial charge in [-0.15, -0.1) is 0 Å². The number of hydrogen-bond acceptors (Lipinski definition) is 1. The van der Waals surface area contributed by atoms with Crippen molar-refractivity contribution in [2.75, 3.05) is 0 Å². The molecular weight excluding hydrogens is 232 g/mol. The van der Waals surface area contributed by atoms with E-state index in [1.54, 1.807) is 12.8 Å². The smallest absolute Gasteiger partial charge is 0.481 e. The van der Waals surface area contributed by atoms with Gasteiger partial charge < -0.3 is 5.11 Å². The fraction of sp³-hybridized carbons (Fsp3) is 0.0833. The zero-order valence-electron chi connectivity index (χ0n) is 8.11. The van der Waals surface area contributed by atoms with Crippen LogP contribution in [0, 0.1) is 63.7 Å². The first-order valence-corrected chi connectivity index (χ1v) is 4.38. The second-order valence-electron chi connectivity index (χ2n) is 2.83. The maximum atomic E-state index is 10.1. The quantitative estimate of drug-likeness (QED) is 0.753. The summed E-state index contributed by atoms with van der Waals surface area (Å²) < 4.78 is 0. The molecule has 78 valence electrons. The number of carboxylic acid groups (broad SMARTS) is 1. The van der Waals surface area contributed by atoms with Crippen LogP contribution in [0.25, 0.3) is 0 Å². The molecule has 0 heterocycles. The Labute approximate surface area is 103 Å². The van der Waals surface area contributed by atoms with E-state index in [4.69, 9.17) is 5.11 Å². The van der Waals surface area contributed by atoms with Crippen molar-refractivity contribution >= 4 is 5.97 Å². The van der Waals surface area contributed by atoms with Crippen molar-refractivity contribution < 1.29 is 27.0 Å². The first-order valence-electron chi connectivity index (χ1n) is 4.38. The zero-order chi connectivity index (χ0) is 10.2. The van der Waals surface area contributed by atoms with Crippen LogP contribution in [0.15, 0.2) is 0 Å². The van der Waals surface area contributed by atoms with Crippen LogP contribution >= 0.6 is 0 Å². The molecule has 0 aromatic heterocycles. The van der Waals surface area contributed by atoms with Gasteiger partial charge in [0, 0.05) is 0 Å². The molecule has 10 radical (unpaired) electrons. The topological polar surface area (TPSA) is 37.3 Å². The van der Waals surface area contributed by atoms with Crippen LogP contribution in [0.1, 0.15) is 6.42 Å². The van der Waals surface area contributed by atoms with E-state index >= 15 is 0 Å². The molecule has 0 aromatic rings. The van der Waals surface area contributed by atoms with Gasteiger partial charge in [0.1, 0.15) is 0 Å². The number of rotatable bonds is 2. The number of aliphatic carboxylic acids is 1. The van der Waals surface area contributed by atoms with Gasteiger partial charge in [-0.05, 0) is 63.7 Å². The first kappa shape index (κ1) is 15.0. The predicted octanol–water partition coefficient (Wildman–Crippen LogP) is 1.89. The average molecular weight is 244 g/mol. The number of carbonyl (C=O) groups is 1. The van der Waals surface area contributed by atoms with Gasteiger partial charge in [-0.1, -0.05) is 0 Å². The van der Waals surface area contributed by atoms with Crippen molar-refractivity contribution in [1.29, 1.82) is 0 Å². The maximum absolute atomic E-state index is 10.1. The summed E-state index contributed by atoms with van der Waals surface area (Å²) in [5.41, 5.74) is 0. The van der Waals surface area contributed by atoms with Gasteiger partial charge in [0.25, 0.3) is 0 Å². The van der Waals surface area contributed by atoms with E-state index in [9.17, 15) is 4.79 Å². The van der Waals surface area contributed by atoms with Crippen LogP contribution in [0.3, 0.4) is 0 Å². The maximum Gasteiger partial charge on any atom is 2.00 e. The molecule has 0 amide bonds. The van der Waals surface area contributed by atoms with Crippen LogP contribution in [0.4, 0.5) is 0 Å². The second-order valence-corrected chi connectivity index (χ2v) is 2.83. The molecule has 2 aliphatic carbocycles. The SMILES string of the molecule is O=C(O)C[C]1[CH][CH][CH][CH]1.[CH]1[CH][CH][CH][CH]1.[Fe+2]. The molecule has 15 heavy (non-hydrogen) atoms. The summed E-state index contributed by atoms with van der Waals surface area (Å²) in [7, 11) is 0. The number of hydrogen-bond donors (Lipinski definition) is 1. The molecule has 0 spiro atoms. The van der Waals surface area contributed by atoms with Gasteiger partial charge >= 0.3 is 23.0 Å². The Morgan fingerprint density at radius 1 is 0.933 bits per heavy atom. The van der Waals surface area contributed by atoms with Crippen molar-refractivity contribution in [3.8, 4) is 0 Å². The largest absolute Gasteiger partial charge is 2.00 e. The molecule has 2 rings (SSSR count). The summed E-state index contributed by atoms with van der Waals surface area (Å²) in [6, 6.07) is 0. The van der Waals surface area contributed by atoms with Crippen LogP contribution < -0.4 is 0 Å². The molecule has 0 bridgehead atoms. The molecule has 2 saturated carbocycles. The summed E-state index contributed by atoms with van der Waals surface area (Å²) >= 11 is 0. The van der Waals surface area contributed by atoms with Crippen LogP contribution in [0.5, 0.6) is 0 Å². The van der Waals surface area contributed by atoms with Crippen molar-refractivity contribution in [1.82, 2.24) is 0 Å². The fourth-order valence-corrected chi connectivity index (χ4v) is 1.03. The van der Waals surface area contributed by atoms with Gasteiger partial charge in [-0.3, -0.25) is 4.79 Å². The van der Waals surface area contributed by atoms with Gasteiger partial charge in [0.15, 0.2) is 0 Å². The van der Waals surface area contributed by atoms with E-state index in [0.29, 0.717) is 0 Å². The van der Waals surface area contributed by atoms with E-state index < -0.39 is 5.97 Å². The fourth-order valence-electron chi connectivity index (χ4n) is 1.03. The summed E-state index contributed by atoms with van der Waals surface area (Å²) in [5.74, 6) is 0.0868. The van der Waals surface area contributed by atoms with Crippen molar-refractivity contribution in [2.45, 2.75) is 6.42 Å². The molecule has 2 nitrogen and oxygen atoms in total. The van der Waals surface area contributed by atoms with Crippen molar-refractivity contribution in [3.05, 3.63) is 63.7 Å². The molecule has 2 fully saturated rings. The van der Waals surface area contributed by atoms with Crippen LogP contribution in [-0.4, -0.2) is 11.1 Å². The Kier molecular flexibility index (Phi) is 9.23. The van der Waals surface area contributed by atoms with Crippen LogP contribution in [-0.2, 0) is 21.9 Å². The first-order chi connectivity index (χ1) is 6.79. The zero-order valence-corrected chi connectivity index (χ0v) is 9.22. The normalized spacial score (nSPS) is 20.3. The third-order valence-electron chi connectivity index (χ3n) is 1.64. The Morgan fingerprint density at radius 2 is 1.33 bits per heavy atom. The third kappa shape index (κ3) is 7.87. The average Bonchev–Trinajstić information content (AvgIpc) is 2.75. The summed E-state index contributed by atoms with van der Waals surface area (Å²) in [5, 5.41) is 8.29. The minimum absolute atomic E-state index is 0. The van der Waals surface area contributed by atoms with Crippen molar-refractivity contribution in [2.24, 2.45) is 0 Å². The Bertz CT molecular complexity index is 153. The molecule has 0 aliphatic heterocycles. The molecular formula is C12H12FeO2+2. The minimum Gasteiger partial charge on any atom is -0.481 e. The molecule has 0 saturated heterocycles. The van der Waals surface area contributed by atoms with E-state index in [2.05, 4.69) is 0 Å². The predicted molar refractivity (Wildman–Crippen MR) is 54.2 cm³/mol. The van der Waals surface area contributed by atoms with Gasteiger partial charge in [-0.25, -0.2) is 0 Å². The van der Waals surface area contributed by atoms with Crippen molar-refractivity contribution in [3.63, 3.8) is 0 Å². The molecule has 0 aromatic carbocycles.